The van der Waals surface area contributed by atoms with Gasteiger partial charge in [0.1, 0.15) is 0 Å². The summed E-state index contributed by atoms with van der Waals surface area (Å²) < 4.78 is 11.3. The molecule has 0 bridgehead atoms. The molecule has 0 spiro atoms. The maximum Gasteiger partial charge on any atom is 0.234 e. The first kappa shape index (κ1) is 14.8. The number of nitrogens with one attached hydrogen (secondary N) is 2. The van der Waals surface area contributed by atoms with Gasteiger partial charge in [0.25, 0.3) is 0 Å². The van der Waals surface area contributed by atoms with Crippen molar-refractivity contribution < 1.29 is 14.3 Å². The van der Waals surface area contributed by atoms with E-state index in [1.165, 1.54) is 0 Å². The molecule has 0 unspecified atom stereocenters. The van der Waals surface area contributed by atoms with Crippen LogP contribution in [-0.2, 0) is 11.3 Å². The van der Waals surface area contributed by atoms with Crippen LogP contribution in [0.1, 0.15) is 5.56 Å². The fourth-order valence-corrected chi connectivity index (χ4v) is 1.91. The number of carbonyl (C=O) groups is 1. The molecule has 18 heavy (non-hydrogen) atoms. The van der Waals surface area contributed by atoms with Crippen LogP contribution in [0.5, 0.6) is 11.5 Å². The molecule has 0 aliphatic rings. The Bertz CT molecular complexity index is 424. The quantitative estimate of drug-likeness (QED) is 0.830. The van der Waals surface area contributed by atoms with Crippen molar-refractivity contribution in [1.82, 2.24) is 10.6 Å². The van der Waals surface area contributed by atoms with Gasteiger partial charge in [-0.15, -0.1) is 0 Å². The Balaban J connectivity index is 2.79. The molecule has 2 N–H and O–H groups in total. The molecule has 0 aromatic heterocycles. The maximum absolute atomic E-state index is 11.4. The first-order valence-corrected chi connectivity index (χ1v) is 6.23. The van der Waals surface area contributed by atoms with Crippen molar-refractivity contribution in [3.63, 3.8) is 0 Å². The van der Waals surface area contributed by atoms with Gasteiger partial charge < -0.3 is 20.1 Å². The van der Waals surface area contributed by atoms with E-state index in [9.17, 15) is 4.79 Å². The van der Waals surface area contributed by atoms with Crippen LogP contribution >= 0.6 is 15.9 Å². The topological polar surface area (TPSA) is 59.6 Å². The lowest BCUT2D eigenvalue weighted by molar-refractivity contribution is -0.120. The molecule has 0 fully saturated rings. The molecular weight excluding hydrogens is 300 g/mol. The summed E-state index contributed by atoms with van der Waals surface area (Å²) in [6, 6.07) is 3.65. The summed E-state index contributed by atoms with van der Waals surface area (Å²) in [6.45, 7) is 0.729. The van der Waals surface area contributed by atoms with Gasteiger partial charge >= 0.3 is 0 Å². The van der Waals surface area contributed by atoms with E-state index < -0.39 is 0 Å². The van der Waals surface area contributed by atoms with Gasteiger partial charge in [0.15, 0.2) is 11.5 Å². The third-order valence-corrected chi connectivity index (χ3v) is 3.10. The normalized spacial score (nSPS) is 10.0. The summed E-state index contributed by atoms with van der Waals surface area (Å²) in [6.07, 6.45) is 0. The van der Waals surface area contributed by atoms with Crippen molar-refractivity contribution in [2.45, 2.75) is 6.54 Å². The van der Waals surface area contributed by atoms with Crippen molar-refractivity contribution in [1.29, 1.82) is 0 Å². The zero-order chi connectivity index (χ0) is 13.5. The number of halogens is 1. The lowest BCUT2D eigenvalue weighted by Gasteiger charge is -2.12. The minimum Gasteiger partial charge on any atom is -0.493 e. The van der Waals surface area contributed by atoms with Crippen LogP contribution in [0, 0.1) is 0 Å². The minimum absolute atomic E-state index is 0.0563. The van der Waals surface area contributed by atoms with Crippen molar-refractivity contribution in [3.05, 3.63) is 22.2 Å². The predicted octanol–water partition coefficient (Wildman–Crippen LogP) is 1.30. The van der Waals surface area contributed by atoms with Gasteiger partial charge in [0.2, 0.25) is 5.91 Å². The smallest absolute Gasteiger partial charge is 0.234 e. The van der Waals surface area contributed by atoms with Gasteiger partial charge in [-0.2, -0.15) is 0 Å². The van der Waals surface area contributed by atoms with Crippen LogP contribution in [0.15, 0.2) is 16.6 Å². The molecule has 1 aromatic rings. The van der Waals surface area contributed by atoms with E-state index >= 15 is 0 Å². The fourth-order valence-electron chi connectivity index (χ4n) is 1.45. The van der Waals surface area contributed by atoms with Crippen LogP contribution < -0.4 is 20.1 Å². The van der Waals surface area contributed by atoms with E-state index in [0.717, 1.165) is 10.0 Å². The van der Waals surface area contributed by atoms with Crippen LogP contribution in [0.2, 0.25) is 0 Å². The molecule has 0 saturated heterocycles. The van der Waals surface area contributed by atoms with Crippen LogP contribution in [0.25, 0.3) is 0 Å². The monoisotopic (exact) mass is 316 g/mol. The molecule has 1 aromatic carbocycles. The number of hydrogen-bond donors (Lipinski definition) is 2. The van der Waals surface area contributed by atoms with Gasteiger partial charge in [-0.3, -0.25) is 4.79 Å². The van der Waals surface area contributed by atoms with Crippen molar-refractivity contribution in [2.24, 2.45) is 0 Å². The third-order valence-electron chi connectivity index (χ3n) is 2.37. The van der Waals surface area contributed by atoms with E-state index in [1.807, 2.05) is 12.1 Å². The van der Waals surface area contributed by atoms with Crippen LogP contribution in [-0.4, -0.2) is 33.7 Å². The van der Waals surface area contributed by atoms with E-state index in [-0.39, 0.29) is 5.91 Å². The number of amides is 1. The average molecular weight is 317 g/mol. The Labute approximate surface area is 115 Å². The Hall–Kier alpha value is -1.27. The van der Waals surface area contributed by atoms with Gasteiger partial charge in [-0.25, -0.2) is 0 Å². The second kappa shape index (κ2) is 7.23. The van der Waals surface area contributed by atoms with E-state index in [4.69, 9.17) is 9.47 Å². The average Bonchev–Trinajstić information content (AvgIpc) is 2.37. The van der Waals surface area contributed by atoms with E-state index in [1.54, 1.807) is 21.3 Å². The minimum atomic E-state index is -0.0563. The molecular formula is C12H17BrN2O3. The Morgan fingerprint density at radius 1 is 1.28 bits per heavy atom. The maximum atomic E-state index is 11.4. The van der Waals surface area contributed by atoms with Gasteiger partial charge in [0, 0.05) is 11.0 Å². The lowest BCUT2D eigenvalue weighted by Crippen LogP contribution is -2.31. The summed E-state index contributed by atoms with van der Waals surface area (Å²) in [5.41, 5.74) is 0.928. The fraction of sp³-hybridized carbons (Fsp3) is 0.417. The number of likely N-dealkylation sites (N-methyl/N-ethyl adjacent to an activating group) is 1. The zero-order valence-electron chi connectivity index (χ0n) is 10.7. The number of rotatable bonds is 6. The largest absolute Gasteiger partial charge is 0.493 e. The van der Waals surface area contributed by atoms with Crippen LogP contribution in [0.4, 0.5) is 0 Å². The highest BCUT2D eigenvalue weighted by Crippen LogP contribution is 2.33. The molecule has 1 rings (SSSR count). The van der Waals surface area contributed by atoms with Gasteiger partial charge in [-0.05, 0) is 24.7 Å². The molecule has 0 atom stereocenters. The Morgan fingerprint density at radius 3 is 2.44 bits per heavy atom. The SMILES string of the molecule is CNCC(=O)NCc1cc(OC)c(OC)cc1Br. The number of benzene rings is 1. The van der Waals surface area contributed by atoms with Crippen molar-refractivity contribution >= 4 is 21.8 Å². The molecule has 6 heteroatoms. The molecule has 0 heterocycles. The summed E-state index contributed by atoms with van der Waals surface area (Å²) in [7, 11) is 4.89. The molecule has 5 nitrogen and oxygen atoms in total. The van der Waals surface area contributed by atoms with Crippen LogP contribution in [0.3, 0.4) is 0 Å². The van der Waals surface area contributed by atoms with E-state index in [0.29, 0.717) is 24.6 Å². The lowest BCUT2D eigenvalue weighted by atomic mass is 10.2. The van der Waals surface area contributed by atoms with Crippen molar-refractivity contribution in [3.8, 4) is 11.5 Å². The molecule has 0 saturated carbocycles. The van der Waals surface area contributed by atoms with Crippen molar-refractivity contribution in [2.75, 3.05) is 27.8 Å². The number of carbonyl (C=O) groups excluding carboxylic acids is 1. The zero-order valence-corrected chi connectivity index (χ0v) is 12.3. The first-order chi connectivity index (χ1) is 8.62. The molecule has 1 amide bonds. The highest BCUT2D eigenvalue weighted by Gasteiger charge is 2.10. The summed E-state index contributed by atoms with van der Waals surface area (Å²) >= 11 is 3.44. The second-order valence-electron chi connectivity index (χ2n) is 3.61. The molecule has 0 aliphatic heterocycles. The number of methoxy groups -OCH3 is 2. The summed E-state index contributed by atoms with van der Waals surface area (Å²) in [5.74, 6) is 1.23. The summed E-state index contributed by atoms with van der Waals surface area (Å²) in [5, 5.41) is 5.59. The number of ether oxygens (including phenoxy) is 2. The first-order valence-electron chi connectivity index (χ1n) is 5.44. The molecule has 0 radical (unpaired) electrons. The third kappa shape index (κ3) is 3.89. The van der Waals surface area contributed by atoms with E-state index in [2.05, 4.69) is 26.6 Å². The second-order valence-corrected chi connectivity index (χ2v) is 4.46. The Kier molecular flexibility index (Phi) is 5.94. The molecule has 0 aliphatic carbocycles. The molecule has 100 valence electrons. The Morgan fingerprint density at radius 2 is 1.89 bits per heavy atom. The van der Waals surface area contributed by atoms with Gasteiger partial charge in [0.05, 0.1) is 20.8 Å². The highest BCUT2D eigenvalue weighted by atomic mass is 79.9. The standard InChI is InChI=1S/C12H17BrN2O3/c1-14-7-12(16)15-6-8-4-10(17-2)11(18-3)5-9(8)13/h4-5,14H,6-7H2,1-3H3,(H,15,16). The highest BCUT2D eigenvalue weighted by molar-refractivity contribution is 9.10. The summed E-state index contributed by atoms with van der Waals surface area (Å²) in [4.78, 5) is 11.4. The number of hydrogen-bond acceptors (Lipinski definition) is 4. The predicted molar refractivity (Wildman–Crippen MR) is 73.0 cm³/mol. The van der Waals surface area contributed by atoms with Gasteiger partial charge in [-0.1, -0.05) is 15.9 Å².